The van der Waals surface area contributed by atoms with E-state index >= 15 is 0 Å². The second-order valence-corrected chi connectivity index (χ2v) is 8.61. The molecule has 0 radical (unpaired) electrons. The number of aromatic nitrogens is 2. The molecule has 0 saturated heterocycles. The number of aliphatic hydroxyl groups excluding tert-OH is 1. The van der Waals surface area contributed by atoms with E-state index in [9.17, 15) is 26.4 Å². The summed E-state index contributed by atoms with van der Waals surface area (Å²) < 4.78 is 69.1. The molecular formula is C20H19F3N4O4S. The molecule has 0 aliphatic carbocycles. The Balaban J connectivity index is 2.05. The zero-order chi connectivity index (χ0) is 23.5. The number of nitrogens with one attached hydrogen (secondary N) is 2. The first-order chi connectivity index (χ1) is 15.2. The number of ketones is 1. The molecule has 1 aromatic heterocycles. The Morgan fingerprint density at radius 1 is 1.12 bits per heavy atom. The minimum atomic E-state index is -4.02. The summed E-state index contributed by atoms with van der Waals surface area (Å²) in [5.41, 5.74) is -1.72. The number of fused-ring (bicyclic) bond motifs is 1. The van der Waals surface area contributed by atoms with Crippen molar-refractivity contribution >= 4 is 38.3 Å². The molecule has 0 unspecified atom stereocenters. The number of carbonyl (C=O) groups is 1. The quantitative estimate of drug-likeness (QED) is 0.326. The van der Waals surface area contributed by atoms with Crippen LogP contribution in [0.2, 0.25) is 0 Å². The molecule has 8 nitrogen and oxygen atoms in total. The van der Waals surface area contributed by atoms with Crippen molar-refractivity contribution in [1.29, 1.82) is 0 Å². The van der Waals surface area contributed by atoms with Gasteiger partial charge in [-0.25, -0.2) is 26.6 Å². The molecule has 1 heterocycles. The fourth-order valence-corrected chi connectivity index (χ4v) is 4.05. The molecule has 2 aromatic carbocycles. The number of nitrogens with zero attached hydrogens (tertiary/aromatic N) is 2. The molecule has 12 heteroatoms. The van der Waals surface area contributed by atoms with Gasteiger partial charge in [-0.05, 0) is 24.6 Å². The Bertz CT molecular complexity index is 1290. The van der Waals surface area contributed by atoms with Gasteiger partial charge in [0, 0.05) is 18.2 Å². The van der Waals surface area contributed by atoms with Crippen molar-refractivity contribution in [3.63, 3.8) is 0 Å². The van der Waals surface area contributed by atoms with E-state index in [-0.39, 0.29) is 36.4 Å². The topological polar surface area (TPSA) is 121 Å². The van der Waals surface area contributed by atoms with Gasteiger partial charge < -0.3 is 10.4 Å². The summed E-state index contributed by atoms with van der Waals surface area (Å²) in [6, 6.07) is 4.20. The number of anilines is 2. The average molecular weight is 468 g/mol. The fraction of sp³-hybridized carbons (Fsp3) is 0.250. The van der Waals surface area contributed by atoms with Gasteiger partial charge in [0.1, 0.15) is 5.82 Å². The van der Waals surface area contributed by atoms with Crippen molar-refractivity contribution in [1.82, 2.24) is 9.97 Å². The number of hydrogen-bond donors (Lipinski definition) is 3. The van der Waals surface area contributed by atoms with E-state index in [1.54, 1.807) is 6.92 Å². The van der Waals surface area contributed by atoms with Gasteiger partial charge in [-0.2, -0.15) is 0 Å². The van der Waals surface area contributed by atoms with E-state index in [1.165, 1.54) is 24.4 Å². The predicted molar refractivity (Wildman–Crippen MR) is 113 cm³/mol. The lowest BCUT2D eigenvalue weighted by molar-refractivity contribution is 0.103. The molecule has 3 N–H and O–H groups in total. The lowest BCUT2D eigenvalue weighted by Crippen LogP contribution is -2.19. The number of carbonyl (C=O) groups excluding carboxylic acids is 1. The van der Waals surface area contributed by atoms with Gasteiger partial charge in [-0.15, -0.1) is 0 Å². The Morgan fingerprint density at radius 2 is 1.88 bits per heavy atom. The molecule has 0 bridgehead atoms. The maximum atomic E-state index is 14.9. The number of aliphatic hydroxyl groups is 1. The molecule has 0 amide bonds. The van der Waals surface area contributed by atoms with Crippen LogP contribution in [0, 0.1) is 17.5 Å². The van der Waals surface area contributed by atoms with Gasteiger partial charge >= 0.3 is 0 Å². The van der Waals surface area contributed by atoms with Crippen molar-refractivity contribution in [3.8, 4) is 0 Å². The SMILES string of the molecule is CCCS(=O)(=O)Nc1cc(F)c(F)c(C(=O)c2ccc3ncc(NCCO)nc3c2)c1F. The third-order valence-electron chi connectivity index (χ3n) is 4.34. The third-order valence-corrected chi connectivity index (χ3v) is 5.82. The Morgan fingerprint density at radius 3 is 2.56 bits per heavy atom. The Labute approximate surface area is 181 Å². The van der Waals surface area contributed by atoms with Crippen LogP contribution in [-0.2, 0) is 10.0 Å². The number of hydrogen-bond acceptors (Lipinski definition) is 7. The molecule has 0 spiro atoms. The second kappa shape index (κ2) is 9.49. The first-order valence-corrected chi connectivity index (χ1v) is 11.2. The summed E-state index contributed by atoms with van der Waals surface area (Å²) in [5.74, 6) is -6.13. The summed E-state index contributed by atoms with van der Waals surface area (Å²) in [4.78, 5) is 21.2. The average Bonchev–Trinajstić information content (AvgIpc) is 2.75. The van der Waals surface area contributed by atoms with Crippen LogP contribution in [0.25, 0.3) is 11.0 Å². The van der Waals surface area contributed by atoms with Crippen molar-refractivity contribution in [2.24, 2.45) is 0 Å². The van der Waals surface area contributed by atoms with Crippen molar-refractivity contribution in [3.05, 3.63) is 59.0 Å². The molecule has 0 fully saturated rings. The van der Waals surface area contributed by atoms with Crippen LogP contribution < -0.4 is 10.0 Å². The van der Waals surface area contributed by atoms with Gasteiger partial charge in [-0.1, -0.05) is 6.92 Å². The minimum Gasteiger partial charge on any atom is -0.395 e. The van der Waals surface area contributed by atoms with Crippen molar-refractivity contribution in [2.75, 3.05) is 28.9 Å². The molecule has 0 saturated carbocycles. The van der Waals surface area contributed by atoms with Crippen LogP contribution in [0.15, 0.2) is 30.5 Å². The zero-order valence-electron chi connectivity index (χ0n) is 16.8. The zero-order valence-corrected chi connectivity index (χ0v) is 17.6. The highest BCUT2D eigenvalue weighted by atomic mass is 32.2. The molecule has 32 heavy (non-hydrogen) atoms. The largest absolute Gasteiger partial charge is 0.395 e. The number of rotatable bonds is 9. The summed E-state index contributed by atoms with van der Waals surface area (Å²) in [6.45, 7) is 1.62. The number of benzene rings is 2. The summed E-state index contributed by atoms with van der Waals surface area (Å²) in [5, 5.41) is 11.7. The molecular weight excluding hydrogens is 449 g/mol. The Kier molecular flexibility index (Phi) is 6.94. The smallest absolute Gasteiger partial charge is 0.232 e. The highest BCUT2D eigenvalue weighted by molar-refractivity contribution is 7.92. The monoisotopic (exact) mass is 468 g/mol. The highest BCUT2D eigenvalue weighted by Gasteiger charge is 2.27. The molecule has 0 aliphatic rings. The number of sulfonamides is 1. The predicted octanol–water partition coefficient (Wildman–Crippen LogP) is 2.83. The van der Waals surface area contributed by atoms with Gasteiger partial charge in [0.25, 0.3) is 0 Å². The highest BCUT2D eigenvalue weighted by Crippen LogP contribution is 2.28. The van der Waals surface area contributed by atoms with E-state index in [2.05, 4.69) is 15.3 Å². The van der Waals surface area contributed by atoms with Gasteiger partial charge in [0.05, 0.1) is 40.8 Å². The third kappa shape index (κ3) is 4.97. The molecule has 3 rings (SSSR count). The second-order valence-electron chi connectivity index (χ2n) is 6.77. The van der Waals surface area contributed by atoms with Gasteiger partial charge in [0.15, 0.2) is 23.2 Å². The lowest BCUT2D eigenvalue weighted by atomic mass is 10.0. The maximum absolute atomic E-state index is 14.9. The van der Waals surface area contributed by atoms with Crippen LogP contribution in [0.5, 0.6) is 0 Å². The van der Waals surface area contributed by atoms with E-state index in [4.69, 9.17) is 5.11 Å². The standard InChI is InChI=1S/C20H19F3N4O4S/c1-2-7-32(30,31)27-15-9-12(21)18(22)17(19(15)23)20(29)11-3-4-13-14(8-11)26-16(10-25-13)24-5-6-28/h3-4,8-10,27-28H,2,5-7H2,1H3,(H,24,26). The fourth-order valence-electron chi connectivity index (χ4n) is 2.93. The van der Waals surface area contributed by atoms with Gasteiger partial charge in [0.2, 0.25) is 10.0 Å². The maximum Gasteiger partial charge on any atom is 0.232 e. The van der Waals surface area contributed by atoms with Gasteiger partial charge in [-0.3, -0.25) is 14.5 Å². The minimum absolute atomic E-state index is 0.152. The van der Waals surface area contributed by atoms with Crippen molar-refractivity contribution < 1.29 is 31.5 Å². The van der Waals surface area contributed by atoms with E-state index in [0.29, 0.717) is 17.4 Å². The van der Waals surface area contributed by atoms with E-state index in [1.807, 2.05) is 4.72 Å². The van der Waals surface area contributed by atoms with E-state index < -0.39 is 44.5 Å². The van der Waals surface area contributed by atoms with Crippen LogP contribution in [0.1, 0.15) is 29.3 Å². The summed E-state index contributed by atoms with van der Waals surface area (Å²) >= 11 is 0. The number of halogens is 3. The first kappa shape index (κ1) is 23.4. The normalized spacial score (nSPS) is 11.5. The lowest BCUT2D eigenvalue weighted by Gasteiger charge is -2.12. The van der Waals surface area contributed by atoms with Crippen LogP contribution in [0.4, 0.5) is 24.7 Å². The molecule has 170 valence electrons. The first-order valence-electron chi connectivity index (χ1n) is 9.51. The van der Waals surface area contributed by atoms with Crippen LogP contribution in [-0.4, -0.2) is 48.2 Å². The Hall–Kier alpha value is -3.25. The molecule has 0 aliphatic heterocycles. The van der Waals surface area contributed by atoms with Crippen LogP contribution in [0.3, 0.4) is 0 Å². The van der Waals surface area contributed by atoms with Crippen LogP contribution >= 0.6 is 0 Å². The summed E-state index contributed by atoms with van der Waals surface area (Å²) in [6.07, 6.45) is 1.61. The van der Waals surface area contributed by atoms with Crippen molar-refractivity contribution in [2.45, 2.75) is 13.3 Å². The van der Waals surface area contributed by atoms with E-state index in [0.717, 1.165) is 0 Å². The summed E-state index contributed by atoms with van der Waals surface area (Å²) in [7, 11) is -4.02. The molecule has 0 atom stereocenters. The molecule has 3 aromatic rings.